The number of methoxy groups -OCH3 is 1. The van der Waals surface area contributed by atoms with Crippen LogP contribution in [-0.4, -0.2) is 87.1 Å². The van der Waals surface area contributed by atoms with Gasteiger partial charge in [0, 0.05) is 42.8 Å². The topological polar surface area (TPSA) is 172 Å². The van der Waals surface area contributed by atoms with Gasteiger partial charge in [-0.15, -0.1) is 0 Å². The Balaban J connectivity index is 0.874. The van der Waals surface area contributed by atoms with Gasteiger partial charge in [-0.05, 0) is 91.3 Å². The number of hydrogen-bond acceptors (Lipinski definition) is 8. The number of H-pyrrole nitrogens is 2. The molecule has 0 aliphatic carbocycles. The quantitative estimate of drug-likeness (QED) is 0.123. The summed E-state index contributed by atoms with van der Waals surface area (Å²) in [7, 11) is 1.28. The molecule has 0 bridgehead atoms. The van der Waals surface area contributed by atoms with Gasteiger partial charge in [-0.3, -0.25) is 9.59 Å². The molecule has 9 rings (SSSR count). The molecule has 3 aliphatic heterocycles. The zero-order valence-corrected chi connectivity index (χ0v) is 33.5. The lowest BCUT2D eigenvalue weighted by Gasteiger charge is -2.32. The van der Waals surface area contributed by atoms with Crippen molar-refractivity contribution in [3.63, 3.8) is 0 Å². The Labute approximate surface area is 348 Å². The number of nitrogens with two attached hydrogens (primary N) is 1. The summed E-state index contributed by atoms with van der Waals surface area (Å²) in [5.41, 5.74) is 12.6. The van der Waals surface area contributed by atoms with Gasteiger partial charge in [0.25, 0.3) is 5.91 Å². The number of carbonyl (C=O) groups is 3. The Bertz CT molecular complexity index is 2590. The molecule has 0 saturated carbocycles. The maximum atomic E-state index is 13.9. The molecule has 4 atom stereocenters. The molecule has 3 fully saturated rings. The van der Waals surface area contributed by atoms with E-state index < -0.39 is 18.2 Å². The molecule has 0 radical (unpaired) electrons. The van der Waals surface area contributed by atoms with E-state index in [-0.39, 0.29) is 29.8 Å². The number of amides is 3. The SMILES string of the molecule is COC(=O)N[C@@H](C(=O)N1CCC[C@H]1c1ncc(-c2ccc(C#Cc3ccc4c(ccc5[nH]c([C@@H]6CCCN6C(=O)[C@@H](N)C6CCOCC6)nc54)c3)cc2)[nH]1)c1ccccc1. The summed E-state index contributed by atoms with van der Waals surface area (Å²) in [5, 5.41) is 4.78. The van der Waals surface area contributed by atoms with E-state index in [4.69, 9.17) is 25.2 Å². The number of nitrogens with zero attached hydrogens (tertiary/aromatic N) is 4. The highest BCUT2D eigenvalue weighted by Crippen LogP contribution is 2.36. The van der Waals surface area contributed by atoms with Crippen LogP contribution in [0.1, 0.15) is 85.0 Å². The second-order valence-electron chi connectivity index (χ2n) is 15.9. The molecule has 306 valence electrons. The monoisotopic (exact) mass is 804 g/mol. The lowest BCUT2D eigenvalue weighted by atomic mass is 9.91. The van der Waals surface area contributed by atoms with E-state index in [1.807, 2.05) is 71.6 Å². The van der Waals surface area contributed by atoms with Crippen LogP contribution < -0.4 is 11.1 Å². The molecule has 5 N–H and O–H groups in total. The fraction of sp³-hybridized carbons (Fsp3) is 0.340. The third-order valence-corrected chi connectivity index (χ3v) is 12.2. The van der Waals surface area contributed by atoms with Crippen molar-refractivity contribution in [2.75, 3.05) is 33.4 Å². The first-order valence-electron chi connectivity index (χ1n) is 20.8. The van der Waals surface area contributed by atoms with Crippen LogP contribution in [0.4, 0.5) is 4.79 Å². The molecular weight excluding hydrogens is 757 g/mol. The molecule has 6 aromatic rings. The molecule has 3 amide bonds. The molecule has 3 aliphatic rings. The number of ether oxygens (including phenoxy) is 2. The molecule has 3 saturated heterocycles. The summed E-state index contributed by atoms with van der Waals surface area (Å²) < 4.78 is 10.3. The third-order valence-electron chi connectivity index (χ3n) is 12.2. The van der Waals surface area contributed by atoms with Crippen LogP contribution in [0.3, 0.4) is 0 Å². The van der Waals surface area contributed by atoms with E-state index >= 15 is 0 Å². The van der Waals surface area contributed by atoms with Crippen LogP contribution in [0.5, 0.6) is 0 Å². The summed E-state index contributed by atoms with van der Waals surface area (Å²) in [6.07, 6.45) is 6.10. The summed E-state index contributed by atoms with van der Waals surface area (Å²) >= 11 is 0. The number of benzene rings is 4. The molecular formula is C47H48N8O5. The predicted molar refractivity (Wildman–Crippen MR) is 227 cm³/mol. The van der Waals surface area contributed by atoms with Gasteiger partial charge in [0.05, 0.1) is 48.2 Å². The van der Waals surface area contributed by atoms with Gasteiger partial charge in [-0.1, -0.05) is 66.4 Å². The Hall–Kier alpha value is -6.49. The fourth-order valence-corrected chi connectivity index (χ4v) is 8.96. The smallest absolute Gasteiger partial charge is 0.407 e. The number of aromatic nitrogens is 4. The van der Waals surface area contributed by atoms with Crippen LogP contribution in [0.2, 0.25) is 0 Å². The van der Waals surface area contributed by atoms with Crippen molar-refractivity contribution < 1.29 is 23.9 Å². The molecule has 13 heteroatoms. The van der Waals surface area contributed by atoms with Crippen molar-refractivity contribution in [1.29, 1.82) is 0 Å². The van der Waals surface area contributed by atoms with Gasteiger partial charge < -0.3 is 40.3 Å². The lowest BCUT2D eigenvalue weighted by Crippen LogP contribution is -2.48. The van der Waals surface area contributed by atoms with E-state index in [2.05, 4.69) is 45.3 Å². The molecule has 4 aromatic carbocycles. The van der Waals surface area contributed by atoms with E-state index in [9.17, 15) is 14.4 Å². The van der Waals surface area contributed by atoms with Gasteiger partial charge in [0.15, 0.2) is 0 Å². The molecule has 5 heterocycles. The largest absolute Gasteiger partial charge is 0.453 e. The summed E-state index contributed by atoms with van der Waals surface area (Å²) in [5.74, 6) is 8.08. The zero-order valence-electron chi connectivity index (χ0n) is 33.5. The van der Waals surface area contributed by atoms with Gasteiger partial charge in [0.1, 0.15) is 17.7 Å². The van der Waals surface area contributed by atoms with Crippen molar-refractivity contribution in [3.05, 3.63) is 119 Å². The molecule has 0 unspecified atom stereocenters. The van der Waals surface area contributed by atoms with Crippen LogP contribution in [0, 0.1) is 17.8 Å². The second-order valence-corrected chi connectivity index (χ2v) is 15.9. The number of fused-ring (bicyclic) bond motifs is 3. The highest BCUT2D eigenvalue weighted by Gasteiger charge is 2.39. The number of hydrogen-bond donors (Lipinski definition) is 4. The van der Waals surface area contributed by atoms with E-state index in [1.165, 1.54) is 7.11 Å². The lowest BCUT2D eigenvalue weighted by molar-refractivity contribution is -0.136. The van der Waals surface area contributed by atoms with E-state index in [1.54, 1.807) is 11.1 Å². The highest BCUT2D eigenvalue weighted by atomic mass is 16.5. The zero-order chi connectivity index (χ0) is 41.2. The number of nitrogens with one attached hydrogen (secondary N) is 3. The Morgan fingerprint density at radius 3 is 2.28 bits per heavy atom. The first kappa shape index (κ1) is 39.0. The minimum atomic E-state index is -0.877. The normalized spacial score (nSPS) is 19.2. The van der Waals surface area contributed by atoms with Crippen LogP contribution in [-0.2, 0) is 19.1 Å². The summed E-state index contributed by atoms with van der Waals surface area (Å²) in [6, 6.07) is 25.7. The number of imidazole rings is 2. The maximum absolute atomic E-state index is 13.9. The predicted octanol–water partition coefficient (Wildman–Crippen LogP) is 6.68. The van der Waals surface area contributed by atoms with Crippen LogP contribution in [0.15, 0.2) is 91.1 Å². The molecule has 13 nitrogen and oxygen atoms in total. The number of likely N-dealkylation sites (tertiary alicyclic amines) is 2. The Kier molecular flexibility index (Phi) is 11.1. The first-order chi connectivity index (χ1) is 29.3. The van der Waals surface area contributed by atoms with Crippen molar-refractivity contribution in [1.82, 2.24) is 35.1 Å². The second kappa shape index (κ2) is 17.0. The third kappa shape index (κ3) is 7.84. The number of alkyl carbamates (subject to hydrolysis) is 1. The van der Waals surface area contributed by atoms with Gasteiger partial charge in [0.2, 0.25) is 5.91 Å². The van der Waals surface area contributed by atoms with Crippen molar-refractivity contribution in [2.45, 2.75) is 62.7 Å². The first-order valence-corrected chi connectivity index (χ1v) is 20.8. The number of rotatable bonds is 8. The fourth-order valence-electron chi connectivity index (χ4n) is 8.96. The van der Waals surface area contributed by atoms with E-state index in [0.29, 0.717) is 37.7 Å². The standard InChI is InChI=1S/C47H48N8O5/c1-59-47(58)53-41(33-7-3-2-4-8-33)46(57)55-24-5-9-38(55)43-49-28-37(51-43)31-16-13-29(14-17-31)11-12-30-15-19-35-34(27-30)18-20-36-42(35)52-44(50-36)39-10-6-23-54(39)45(56)40(48)32-21-25-60-26-22-32/h2-4,7-8,13-20,27-28,32,38-41H,5-6,9-10,21-26,48H2,1H3,(H,49,51)(H,50,52)(H,53,58)/t38-,39-,40-,41+/m0/s1. The number of carbonyl (C=O) groups excluding carboxylic acids is 3. The summed E-state index contributed by atoms with van der Waals surface area (Å²) in [6.45, 7) is 2.56. The van der Waals surface area contributed by atoms with Crippen molar-refractivity contribution in [2.24, 2.45) is 11.7 Å². The average molecular weight is 805 g/mol. The number of aromatic amines is 2. The van der Waals surface area contributed by atoms with Gasteiger partial charge >= 0.3 is 6.09 Å². The minimum Gasteiger partial charge on any atom is -0.453 e. The molecule has 0 spiro atoms. The maximum Gasteiger partial charge on any atom is 0.407 e. The van der Waals surface area contributed by atoms with Crippen LogP contribution in [0.25, 0.3) is 33.1 Å². The van der Waals surface area contributed by atoms with E-state index in [0.717, 1.165) is 88.5 Å². The van der Waals surface area contributed by atoms with Gasteiger partial charge in [-0.25, -0.2) is 14.8 Å². The van der Waals surface area contributed by atoms with Gasteiger partial charge in [-0.2, -0.15) is 0 Å². The highest BCUT2D eigenvalue weighted by molar-refractivity contribution is 6.04. The summed E-state index contributed by atoms with van der Waals surface area (Å²) in [4.78, 5) is 60.1. The average Bonchev–Trinajstić information content (AvgIpc) is 4.14. The van der Waals surface area contributed by atoms with Crippen LogP contribution >= 0.6 is 0 Å². The minimum absolute atomic E-state index is 0.00897. The van der Waals surface area contributed by atoms with Crippen molar-refractivity contribution >= 4 is 39.7 Å². The Morgan fingerprint density at radius 2 is 1.53 bits per heavy atom. The molecule has 2 aromatic heterocycles. The molecule has 60 heavy (non-hydrogen) atoms. The Morgan fingerprint density at radius 1 is 0.833 bits per heavy atom. The van der Waals surface area contributed by atoms with Crippen molar-refractivity contribution in [3.8, 4) is 23.1 Å².